The van der Waals surface area contributed by atoms with Crippen molar-refractivity contribution in [2.24, 2.45) is 0 Å². The van der Waals surface area contributed by atoms with Gasteiger partial charge in [-0.1, -0.05) is 73.6 Å². The van der Waals surface area contributed by atoms with Crippen molar-refractivity contribution in [2.45, 2.75) is 42.8 Å². The molecule has 2 aromatic carbocycles. The maximum Gasteiger partial charge on any atom is 0.151 e. The third-order valence-corrected chi connectivity index (χ3v) is 6.87. The molecule has 0 atom stereocenters. The van der Waals surface area contributed by atoms with Gasteiger partial charge in [0.15, 0.2) is 4.34 Å². The van der Waals surface area contributed by atoms with E-state index >= 15 is 0 Å². The number of halogens is 1. The summed E-state index contributed by atoms with van der Waals surface area (Å²) in [6.07, 6.45) is 2.01. The molecular formula is C21H21ClN4S2. The van der Waals surface area contributed by atoms with Gasteiger partial charge in [-0.15, -0.1) is 16.4 Å². The zero-order valence-electron chi connectivity index (χ0n) is 16.0. The van der Waals surface area contributed by atoms with Gasteiger partial charge in [-0.2, -0.15) is 0 Å². The number of thiazole rings is 1. The van der Waals surface area contributed by atoms with Crippen LogP contribution in [0.15, 0.2) is 53.0 Å². The van der Waals surface area contributed by atoms with Gasteiger partial charge < -0.3 is 0 Å². The highest BCUT2D eigenvalue weighted by Gasteiger charge is 2.13. The van der Waals surface area contributed by atoms with Gasteiger partial charge >= 0.3 is 0 Å². The third-order valence-electron chi connectivity index (χ3n) is 4.42. The summed E-state index contributed by atoms with van der Waals surface area (Å²) < 4.78 is 4.05. The lowest BCUT2D eigenvalue weighted by Gasteiger charge is -2.19. The number of thioether (sulfide) groups is 1. The molecule has 0 saturated heterocycles. The Balaban J connectivity index is 1.38. The minimum absolute atomic E-state index is 0.169. The van der Waals surface area contributed by atoms with Crippen LogP contribution in [0.5, 0.6) is 0 Å². The Bertz CT molecular complexity index is 1090. The molecule has 2 aromatic heterocycles. The smallest absolute Gasteiger partial charge is 0.151 e. The molecule has 144 valence electrons. The Kier molecular flexibility index (Phi) is 5.45. The van der Waals surface area contributed by atoms with Gasteiger partial charge in [0.1, 0.15) is 0 Å². The zero-order chi connectivity index (χ0) is 19.7. The molecule has 0 amide bonds. The van der Waals surface area contributed by atoms with E-state index in [-0.39, 0.29) is 5.41 Å². The first kappa shape index (κ1) is 19.4. The van der Waals surface area contributed by atoms with Crippen molar-refractivity contribution in [1.29, 1.82) is 0 Å². The predicted molar refractivity (Wildman–Crippen MR) is 118 cm³/mol. The summed E-state index contributed by atoms with van der Waals surface area (Å²) in [5.74, 6) is 0.747. The molecule has 4 aromatic rings. The van der Waals surface area contributed by atoms with Gasteiger partial charge in [0.25, 0.3) is 0 Å². The summed E-state index contributed by atoms with van der Waals surface area (Å²) in [5, 5.41) is 9.28. The number of aromatic nitrogens is 4. The summed E-state index contributed by atoms with van der Waals surface area (Å²) >= 11 is 9.39. The van der Waals surface area contributed by atoms with Gasteiger partial charge in [0, 0.05) is 17.0 Å². The molecule has 0 fully saturated rings. The highest BCUT2D eigenvalue weighted by atomic mass is 35.5. The van der Waals surface area contributed by atoms with Crippen molar-refractivity contribution < 1.29 is 0 Å². The van der Waals surface area contributed by atoms with Crippen molar-refractivity contribution in [2.75, 3.05) is 0 Å². The van der Waals surface area contributed by atoms with E-state index in [2.05, 4.69) is 60.3 Å². The van der Waals surface area contributed by atoms with E-state index in [1.54, 1.807) is 23.1 Å². The molecule has 4 rings (SSSR count). The Morgan fingerprint density at radius 2 is 1.89 bits per heavy atom. The summed E-state index contributed by atoms with van der Waals surface area (Å²) in [7, 11) is 0. The van der Waals surface area contributed by atoms with E-state index in [0.29, 0.717) is 5.02 Å². The monoisotopic (exact) mass is 428 g/mol. The van der Waals surface area contributed by atoms with Crippen LogP contribution in [0.25, 0.3) is 10.2 Å². The lowest BCUT2D eigenvalue weighted by molar-refractivity contribution is 0.589. The molecule has 0 spiro atoms. The molecule has 28 heavy (non-hydrogen) atoms. The normalized spacial score (nSPS) is 12.0. The summed E-state index contributed by atoms with van der Waals surface area (Å²) in [6, 6.07) is 14.5. The first-order chi connectivity index (χ1) is 13.4. The summed E-state index contributed by atoms with van der Waals surface area (Å²) in [4.78, 5) is 4.63. The van der Waals surface area contributed by atoms with Crippen LogP contribution >= 0.6 is 34.7 Å². The summed E-state index contributed by atoms with van der Waals surface area (Å²) in [5.41, 5.74) is 4.63. The second kappa shape index (κ2) is 7.85. The first-order valence-electron chi connectivity index (χ1n) is 9.04. The number of nitrogens with zero attached hydrogens (tertiary/aromatic N) is 4. The molecule has 0 N–H and O–H groups in total. The average molecular weight is 429 g/mol. The lowest BCUT2D eigenvalue weighted by Crippen LogP contribution is -2.11. The Hall–Kier alpha value is -1.89. The van der Waals surface area contributed by atoms with E-state index in [0.717, 1.165) is 32.5 Å². The SMILES string of the molecule is CC(C)(C)c1ccc(Cn2cc(CSc3nc4cc(Cl)ccc4s3)nn2)cc1. The fraction of sp³-hybridized carbons (Fsp3) is 0.286. The van der Waals surface area contributed by atoms with E-state index in [1.165, 1.54) is 11.1 Å². The van der Waals surface area contributed by atoms with Crippen molar-refractivity contribution >= 4 is 44.9 Å². The number of benzene rings is 2. The molecule has 0 aliphatic heterocycles. The maximum absolute atomic E-state index is 6.04. The minimum Gasteiger partial charge on any atom is -0.248 e. The Labute approximate surface area is 177 Å². The van der Waals surface area contributed by atoms with Crippen LogP contribution in [-0.2, 0) is 17.7 Å². The lowest BCUT2D eigenvalue weighted by atomic mass is 9.87. The number of fused-ring (bicyclic) bond motifs is 1. The fourth-order valence-electron chi connectivity index (χ4n) is 2.86. The molecule has 4 nitrogen and oxygen atoms in total. The Morgan fingerprint density at radius 3 is 2.64 bits per heavy atom. The maximum atomic E-state index is 6.04. The second-order valence-corrected chi connectivity index (χ2v) is 10.4. The molecule has 0 radical (unpaired) electrons. The molecule has 0 bridgehead atoms. The van der Waals surface area contributed by atoms with Crippen LogP contribution < -0.4 is 0 Å². The van der Waals surface area contributed by atoms with Crippen LogP contribution in [0.4, 0.5) is 0 Å². The van der Waals surface area contributed by atoms with Gasteiger partial charge in [-0.3, -0.25) is 0 Å². The largest absolute Gasteiger partial charge is 0.248 e. The van der Waals surface area contributed by atoms with E-state index in [4.69, 9.17) is 11.6 Å². The molecule has 0 aliphatic carbocycles. The van der Waals surface area contributed by atoms with Crippen molar-refractivity contribution in [3.63, 3.8) is 0 Å². The van der Waals surface area contributed by atoms with Gasteiger partial charge in [-0.25, -0.2) is 9.67 Å². The van der Waals surface area contributed by atoms with E-state index < -0.39 is 0 Å². The molecule has 0 unspecified atom stereocenters. The van der Waals surface area contributed by atoms with Crippen molar-refractivity contribution in [3.05, 3.63) is 70.5 Å². The van der Waals surface area contributed by atoms with Gasteiger partial charge in [0.05, 0.1) is 22.5 Å². The third kappa shape index (κ3) is 4.57. The topological polar surface area (TPSA) is 43.6 Å². The summed E-state index contributed by atoms with van der Waals surface area (Å²) in [6.45, 7) is 7.40. The van der Waals surface area contributed by atoms with Crippen LogP contribution in [0.2, 0.25) is 5.02 Å². The van der Waals surface area contributed by atoms with Gasteiger partial charge in [-0.05, 0) is 34.7 Å². The number of rotatable bonds is 5. The Morgan fingerprint density at radius 1 is 1.11 bits per heavy atom. The highest BCUT2D eigenvalue weighted by Crippen LogP contribution is 2.32. The average Bonchev–Trinajstić information content (AvgIpc) is 3.25. The van der Waals surface area contributed by atoms with Crippen LogP contribution in [-0.4, -0.2) is 20.0 Å². The second-order valence-electron chi connectivity index (χ2n) is 7.73. The van der Waals surface area contributed by atoms with E-state index in [9.17, 15) is 0 Å². The molecular weight excluding hydrogens is 408 g/mol. The fourth-order valence-corrected chi connectivity index (χ4v) is 4.95. The van der Waals surface area contributed by atoms with Crippen molar-refractivity contribution in [1.82, 2.24) is 20.0 Å². The predicted octanol–water partition coefficient (Wildman–Crippen LogP) is 6.18. The van der Waals surface area contributed by atoms with Gasteiger partial charge in [0.2, 0.25) is 0 Å². The molecule has 0 saturated carbocycles. The zero-order valence-corrected chi connectivity index (χ0v) is 18.4. The quantitative estimate of drug-likeness (QED) is 0.356. The van der Waals surface area contributed by atoms with Crippen LogP contribution in [0, 0.1) is 0 Å². The molecule has 7 heteroatoms. The number of hydrogen-bond acceptors (Lipinski definition) is 5. The molecule has 2 heterocycles. The van der Waals surface area contributed by atoms with E-state index in [1.807, 2.05) is 29.1 Å². The van der Waals surface area contributed by atoms with Crippen molar-refractivity contribution in [3.8, 4) is 0 Å². The minimum atomic E-state index is 0.169. The standard InChI is InChI=1S/C21H21ClN4S2/c1-21(2,3)15-6-4-14(5-7-15)11-26-12-17(24-25-26)13-27-20-23-18-10-16(22)8-9-19(18)28-20/h4-10,12H,11,13H2,1-3H3. The highest BCUT2D eigenvalue weighted by molar-refractivity contribution is 8.00. The van der Waals surface area contributed by atoms with Crippen LogP contribution in [0.1, 0.15) is 37.6 Å². The first-order valence-corrected chi connectivity index (χ1v) is 11.2. The van der Waals surface area contributed by atoms with Crippen LogP contribution in [0.3, 0.4) is 0 Å². The molecule has 0 aliphatic rings. The number of hydrogen-bond donors (Lipinski definition) is 0.